The van der Waals surface area contributed by atoms with E-state index in [9.17, 15) is 0 Å². The van der Waals surface area contributed by atoms with Gasteiger partial charge in [-0.25, -0.2) is 0 Å². The Morgan fingerprint density at radius 1 is 1.05 bits per heavy atom. The summed E-state index contributed by atoms with van der Waals surface area (Å²) in [6.07, 6.45) is 7.19. The van der Waals surface area contributed by atoms with Crippen molar-refractivity contribution in [3.8, 4) is 0 Å². The van der Waals surface area contributed by atoms with Crippen molar-refractivity contribution in [2.75, 3.05) is 20.1 Å². The van der Waals surface area contributed by atoms with E-state index in [-0.39, 0.29) is 0 Å². The molecule has 2 fully saturated rings. The summed E-state index contributed by atoms with van der Waals surface area (Å²) in [7, 11) is 2.29. The Morgan fingerprint density at radius 3 is 2.47 bits per heavy atom. The second kappa shape index (κ2) is 6.06. The van der Waals surface area contributed by atoms with Crippen LogP contribution in [0.1, 0.15) is 43.7 Å². The molecule has 2 nitrogen and oxygen atoms in total. The number of nitrogens with zero attached hydrogens (tertiary/aromatic N) is 1. The highest BCUT2D eigenvalue weighted by Gasteiger charge is 2.31. The van der Waals surface area contributed by atoms with Crippen LogP contribution in [-0.4, -0.2) is 31.1 Å². The second-order valence-corrected chi connectivity index (χ2v) is 6.28. The summed E-state index contributed by atoms with van der Waals surface area (Å²) in [4.78, 5) is 2.55. The van der Waals surface area contributed by atoms with E-state index >= 15 is 0 Å². The van der Waals surface area contributed by atoms with Gasteiger partial charge in [0.1, 0.15) is 0 Å². The van der Waals surface area contributed by atoms with E-state index in [1.165, 1.54) is 44.2 Å². The molecule has 1 aromatic rings. The molecule has 19 heavy (non-hydrogen) atoms. The summed E-state index contributed by atoms with van der Waals surface area (Å²) >= 11 is 0. The average molecular weight is 258 g/mol. The standard InChI is InChI=1S/C17H26N2/c1-19-13-16(14-8-4-2-5-9-14)18-12-17(19)15-10-6-3-7-11-15/h3,6-7,10-11,14,16-18H,2,4-5,8-9,12-13H2,1H3. The molecule has 0 aromatic heterocycles. The number of piperazine rings is 1. The van der Waals surface area contributed by atoms with Gasteiger partial charge in [0.05, 0.1) is 0 Å². The van der Waals surface area contributed by atoms with Gasteiger partial charge < -0.3 is 5.32 Å². The lowest BCUT2D eigenvalue weighted by Gasteiger charge is -2.42. The summed E-state index contributed by atoms with van der Waals surface area (Å²) < 4.78 is 0. The van der Waals surface area contributed by atoms with E-state index in [0.717, 1.165) is 12.5 Å². The zero-order valence-corrected chi connectivity index (χ0v) is 12.0. The van der Waals surface area contributed by atoms with Crippen LogP contribution < -0.4 is 5.32 Å². The average Bonchev–Trinajstić information content (AvgIpc) is 2.49. The lowest BCUT2D eigenvalue weighted by Crippen LogP contribution is -2.54. The van der Waals surface area contributed by atoms with Crippen LogP contribution >= 0.6 is 0 Å². The van der Waals surface area contributed by atoms with Crippen molar-refractivity contribution in [2.24, 2.45) is 5.92 Å². The third-order valence-corrected chi connectivity index (χ3v) is 4.99. The molecule has 3 rings (SSSR count). The van der Waals surface area contributed by atoms with Gasteiger partial charge in [-0.2, -0.15) is 0 Å². The van der Waals surface area contributed by atoms with E-state index in [2.05, 4.69) is 47.6 Å². The van der Waals surface area contributed by atoms with Gasteiger partial charge in [0, 0.05) is 25.2 Å². The predicted octanol–water partition coefficient (Wildman–Crippen LogP) is 3.21. The molecular weight excluding hydrogens is 232 g/mol. The molecule has 0 bridgehead atoms. The van der Waals surface area contributed by atoms with E-state index in [1.807, 2.05) is 0 Å². The van der Waals surface area contributed by atoms with Gasteiger partial charge in [0.15, 0.2) is 0 Å². The van der Waals surface area contributed by atoms with Crippen molar-refractivity contribution in [3.05, 3.63) is 35.9 Å². The van der Waals surface area contributed by atoms with Gasteiger partial charge in [-0.1, -0.05) is 49.6 Å². The van der Waals surface area contributed by atoms with E-state index in [1.54, 1.807) is 0 Å². The maximum absolute atomic E-state index is 3.83. The molecule has 1 aliphatic heterocycles. The van der Waals surface area contributed by atoms with Crippen molar-refractivity contribution < 1.29 is 0 Å². The maximum Gasteiger partial charge on any atom is 0.0470 e. The fourth-order valence-corrected chi connectivity index (χ4v) is 3.82. The highest BCUT2D eigenvalue weighted by Crippen LogP contribution is 2.30. The summed E-state index contributed by atoms with van der Waals surface area (Å²) in [5.74, 6) is 0.910. The van der Waals surface area contributed by atoms with E-state index in [0.29, 0.717) is 12.1 Å². The first-order valence-corrected chi connectivity index (χ1v) is 7.83. The van der Waals surface area contributed by atoms with Crippen LogP contribution in [-0.2, 0) is 0 Å². The lowest BCUT2D eigenvalue weighted by atomic mass is 9.82. The fraction of sp³-hybridized carbons (Fsp3) is 0.647. The lowest BCUT2D eigenvalue weighted by molar-refractivity contribution is 0.120. The van der Waals surface area contributed by atoms with E-state index < -0.39 is 0 Å². The minimum atomic E-state index is 0.543. The first-order chi connectivity index (χ1) is 9.34. The molecule has 1 aliphatic carbocycles. The Balaban J connectivity index is 1.62. The number of benzene rings is 1. The van der Waals surface area contributed by atoms with Crippen molar-refractivity contribution in [1.29, 1.82) is 0 Å². The molecular formula is C17H26N2. The summed E-state index contributed by atoms with van der Waals surface area (Å²) in [6, 6.07) is 12.2. The van der Waals surface area contributed by atoms with Crippen LogP contribution in [0.3, 0.4) is 0 Å². The highest BCUT2D eigenvalue weighted by atomic mass is 15.2. The van der Waals surface area contributed by atoms with Crippen molar-refractivity contribution in [3.63, 3.8) is 0 Å². The number of rotatable bonds is 2. The van der Waals surface area contributed by atoms with Gasteiger partial charge in [0.25, 0.3) is 0 Å². The van der Waals surface area contributed by atoms with Gasteiger partial charge in [-0.15, -0.1) is 0 Å². The molecule has 104 valence electrons. The third kappa shape index (κ3) is 3.01. The van der Waals surface area contributed by atoms with Crippen LogP contribution in [0.4, 0.5) is 0 Å². The summed E-state index contributed by atoms with van der Waals surface area (Å²) in [5, 5.41) is 3.83. The first-order valence-electron chi connectivity index (χ1n) is 7.83. The van der Waals surface area contributed by atoms with Crippen molar-refractivity contribution >= 4 is 0 Å². The largest absolute Gasteiger partial charge is 0.311 e. The molecule has 1 saturated heterocycles. The van der Waals surface area contributed by atoms with Crippen molar-refractivity contribution in [1.82, 2.24) is 10.2 Å². The van der Waals surface area contributed by atoms with Gasteiger partial charge in [0.2, 0.25) is 0 Å². The predicted molar refractivity (Wildman–Crippen MR) is 80.2 cm³/mol. The van der Waals surface area contributed by atoms with Gasteiger partial charge in [-0.3, -0.25) is 4.90 Å². The molecule has 2 aliphatic rings. The number of hydrogen-bond donors (Lipinski definition) is 1. The normalized spacial score (nSPS) is 30.4. The number of hydrogen-bond acceptors (Lipinski definition) is 2. The minimum absolute atomic E-state index is 0.543. The maximum atomic E-state index is 3.83. The minimum Gasteiger partial charge on any atom is -0.311 e. The molecule has 2 atom stereocenters. The zero-order valence-electron chi connectivity index (χ0n) is 12.0. The molecule has 0 radical (unpaired) electrons. The molecule has 1 aromatic carbocycles. The summed E-state index contributed by atoms with van der Waals surface area (Å²) in [6.45, 7) is 2.30. The fourth-order valence-electron chi connectivity index (χ4n) is 3.82. The monoisotopic (exact) mass is 258 g/mol. The number of nitrogens with one attached hydrogen (secondary N) is 1. The SMILES string of the molecule is CN1CC(C2CCCCC2)NCC1c1ccccc1. The van der Waals surface area contributed by atoms with Crippen LogP contribution in [0.15, 0.2) is 30.3 Å². The van der Waals surface area contributed by atoms with E-state index in [4.69, 9.17) is 0 Å². The quantitative estimate of drug-likeness (QED) is 0.876. The molecule has 1 N–H and O–H groups in total. The summed E-state index contributed by atoms with van der Waals surface area (Å²) in [5.41, 5.74) is 1.44. The van der Waals surface area contributed by atoms with Gasteiger partial charge >= 0.3 is 0 Å². The first kappa shape index (κ1) is 13.1. The molecule has 2 unspecified atom stereocenters. The Morgan fingerprint density at radius 2 is 1.79 bits per heavy atom. The smallest absolute Gasteiger partial charge is 0.0470 e. The molecule has 0 spiro atoms. The number of likely N-dealkylation sites (N-methyl/N-ethyl adjacent to an activating group) is 1. The Labute approximate surface area is 117 Å². The van der Waals surface area contributed by atoms with Crippen molar-refractivity contribution in [2.45, 2.75) is 44.2 Å². The molecule has 1 heterocycles. The molecule has 1 saturated carbocycles. The Hall–Kier alpha value is -0.860. The van der Waals surface area contributed by atoms with Crippen LogP contribution in [0.2, 0.25) is 0 Å². The van der Waals surface area contributed by atoms with Crippen LogP contribution in [0, 0.1) is 5.92 Å². The third-order valence-electron chi connectivity index (χ3n) is 4.99. The topological polar surface area (TPSA) is 15.3 Å². The van der Waals surface area contributed by atoms with Crippen LogP contribution in [0.25, 0.3) is 0 Å². The van der Waals surface area contributed by atoms with Crippen LogP contribution in [0.5, 0.6) is 0 Å². The highest BCUT2D eigenvalue weighted by molar-refractivity contribution is 5.20. The molecule has 0 amide bonds. The zero-order chi connectivity index (χ0) is 13.1. The Bertz CT molecular complexity index is 384. The molecule has 2 heteroatoms. The second-order valence-electron chi connectivity index (χ2n) is 6.28. The van der Waals surface area contributed by atoms with Gasteiger partial charge in [-0.05, 0) is 31.4 Å². The Kier molecular flexibility index (Phi) is 4.19.